The minimum atomic E-state index is -0.407. The van der Waals surface area contributed by atoms with E-state index in [0.29, 0.717) is 12.6 Å². The van der Waals surface area contributed by atoms with E-state index in [2.05, 4.69) is 29.0 Å². The topological polar surface area (TPSA) is 94.0 Å². The first kappa shape index (κ1) is 17.4. The van der Waals surface area contributed by atoms with Gasteiger partial charge in [-0.3, -0.25) is 9.57 Å². The third-order valence-corrected chi connectivity index (χ3v) is 5.73. The fourth-order valence-electron chi connectivity index (χ4n) is 3.72. The zero-order valence-corrected chi connectivity index (χ0v) is 15.4. The number of hydrogen-bond donors (Lipinski definition) is 0. The van der Waals surface area contributed by atoms with Crippen molar-refractivity contribution in [1.82, 2.24) is 4.67 Å². The molecule has 3 aliphatic heterocycles. The van der Waals surface area contributed by atoms with Crippen LogP contribution in [0.2, 0.25) is 0 Å². The number of fused-ring (bicyclic) bond motifs is 1. The molecule has 4 unspecified atom stereocenters. The maximum absolute atomic E-state index is 12.0. The minimum absolute atomic E-state index is 0.152. The van der Waals surface area contributed by atoms with Crippen LogP contribution < -0.4 is 9.80 Å². The molecule has 0 aromatic heterocycles. The predicted molar refractivity (Wildman–Crippen MR) is 100 cm³/mol. The average Bonchev–Trinajstić information content (AvgIpc) is 3.25. The lowest BCUT2D eigenvalue weighted by Crippen LogP contribution is -2.45. The quantitative estimate of drug-likeness (QED) is 0.347. The Morgan fingerprint density at radius 2 is 2.00 bits per heavy atom. The van der Waals surface area contributed by atoms with E-state index < -0.39 is 12.2 Å². The van der Waals surface area contributed by atoms with Crippen molar-refractivity contribution in [2.75, 3.05) is 49.1 Å². The number of anilines is 2. The second kappa shape index (κ2) is 7.29. The van der Waals surface area contributed by atoms with Gasteiger partial charge in [0.2, 0.25) is 0 Å². The highest BCUT2D eigenvalue weighted by Gasteiger charge is 2.39. The number of nitrogens with zero attached hydrogens (tertiary/aromatic N) is 6. The number of azide groups is 1. The molecule has 0 radical (unpaired) electrons. The number of benzene rings is 1. The Labute approximate surface area is 153 Å². The molecule has 1 aromatic carbocycles. The van der Waals surface area contributed by atoms with Crippen molar-refractivity contribution in [2.24, 2.45) is 5.11 Å². The summed E-state index contributed by atoms with van der Waals surface area (Å²) in [6.07, 6.45) is -0.573. The zero-order valence-electron chi connectivity index (χ0n) is 14.3. The van der Waals surface area contributed by atoms with Crippen molar-refractivity contribution in [3.63, 3.8) is 0 Å². The monoisotopic (exact) mass is 376 g/mol. The van der Waals surface area contributed by atoms with E-state index in [1.54, 1.807) is 4.90 Å². The number of amides is 1. The first-order chi connectivity index (χ1) is 12.7. The van der Waals surface area contributed by atoms with E-state index in [9.17, 15) is 4.79 Å². The highest BCUT2D eigenvalue weighted by atomic mass is 31.0. The standard InChI is InChI=1S/C16H21N6O3P/c17-19-18-7-13-8-21(16(23)25-13)12-3-1-11(2-4-12)20-9-14-15(10-20)24-6-5-22(14)26/h1-4,13-15H,5-10,26H2. The summed E-state index contributed by atoms with van der Waals surface area (Å²) in [5.74, 6) is 0. The molecule has 3 fully saturated rings. The van der Waals surface area contributed by atoms with E-state index in [1.807, 2.05) is 24.3 Å². The fourth-order valence-corrected chi connectivity index (χ4v) is 4.12. The molecule has 3 saturated heterocycles. The molecule has 10 heteroatoms. The lowest BCUT2D eigenvalue weighted by molar-refractivity contribution is -0.0115. The van der Waals surface area contributed by atoms with Crippen molar-refractivity contribution >= 4 is 26.9 Å². The van der Waals surface area contributed by atoms with Gasteiger partial charge in [0.05, 0.1) is 31.8 Å². The van der Waals surface area contributed by atoms with E-state index in [0.717, 1.165) is 37.6 Å². The third kappa shape index (κ3) is 3.31. The van der Waals surface area contributed by atoms with Crippen LogP contribution in [-0.4, -0.2) is 68.3 Å². The molecule has 3 aliphatic rings. The van der Waals surface area contributed by atoms with Gasteiger partial charge >= 0.3 is 6.09 Å². The smallest absolute Gasteiger partial charge is 0.414 e. The Morgan fingerprint density at radius 3 is 2.73 bits per heavy atom. The zero-order chi connectivity index (χ0) is 18.1. The Balaban J connectivity index is 1.43. The lowest BCUT2D eigenvalue weighted by atomic mass is 10.2. The van der Waals surface area contributed by atoms with Crippen LogP contribution in [-0.2, 0) is 9.47 Å². The van der Waals surface area contributed by atoms with Crippen LogP contribution in [0.15, 0.2) is 29.4 Å². The Hall–Kier alpha value is -2.05. The summed E-state index contributed by atoms with van der Waals surface area (Å²) in [6, 6.07) is 8.28. The molecule has 3 heterocycles. The number of cyclic esters (lactones) is 1. The molecule has 0 N–H and O–H groups in total. The van der Waals surface area contributed by atoms with E-state index in [1.165, 1.54) is 0 Å². The maximum Gasteiger partial charge on any atom is 0.414 e. The summed E-state index contributed by atoms with van der Waals surface area (Å²) in [4.78, 5) is 18.6. The molecular formula is C16H21N6O3P. The molecule has 1 amide bonds. The molecule has 4 rings (SSSR count). The second-order valence-electron chi connectivity index (χ2n) is 6.67. The summed E-state index contributed by atoms with van der Waals surface area (Å²) >= 11 is 0. The van der Waals surface area contributed by atoms with Gasteiger partial charge in [-0.25, -0.2) is 4.79 Å². The first-order valence-corrected chi connectivity index (χ1v) is 9.14. The van der Waals surface area contributed by atoms with Gasteiger partial charge in [0.25, 0.3) is 0 Å². The number of morpholine rings is 1. The van der Waals surface area contributed by atoms with E-state index in [-0.39, 0.29) is 12.6 Å². The van der Waals surface area contributed by atoms with Crippen LogP contribution in [0.4, 0.5) is 16.2 Å². The summed E-state index contributed by atoms with van der Waals surface area (Å²) < 4.78 is 13.4. The maximum atomic E-state index is 12.0. The normalized spacial score (nSPS) is 28.7. The molecule has 0 spiro atoms. The summed E-state index contributed by atoms with van der Waals surface area (Å²) in [7, 11) is 2.80. The van der Waals surface area contributed by atoms with Gasteiger partial charge in [-0.15, -0.1) is 0 Å². The molecule has 138 valence electrons. The summed E-state index contributed by atoms with van der Waals surface area (Å²) in [5, 5.41) is 3.48. The van der Waals surface area contributed by atoms with Crippen LogP contribution in [0, 0.1) is 0 Å². The minimum Gasteiger partial charge on any atom is -0.444 e. The molecule has 0 saturated carbocycles. The molecule has 0 aliphatic carbocycles. The average molecular weight is 376 g/mol. The van der Waals surface area contributed by atoms with Crippen LogP contribution in [0.1, 0.15) is 0 Å². The van der Waals surface area contributed by atoms with Crippen molar-refractivity contribution in [1.29, 1.82) is 0 Å². The number of rotatable bonds is 4. The Bertz CT molecular complexity index is 725. The van der Waals surface area contributed by atoms with Gasteiger partial charge in [0, 0.05) is 35.9 Å². The lowest BCUT2D eigenvalue weighted by Gasteiger charge is -2.33. The molecule has 4 atom stereocenters. The molecular weight excluding hydrogens is 355 g/mol. The van der Waals surface area contributed by atoms with Crippen molar-refractivity contribution in [2.45, 2.75) is 18.2 Å². The van der Waals surface area contributed by atoms with Gasteiger partial charge in [0.15, 0.2) is 0 Å². The van der Waals surface area contributed by atoms with Crippen molar-refractivity contribution in [3.05, 3.63) is 34.7 Å². The summed E-state index contributed by atoms with van der Waals surface area (Å²) in [5.41, 5.74) is 10.3. The largest absolute Gasteiger partial charge is 0.444 e. The molecule has 1 aromatic rings. The fraction of sp³-hybridized carbons (Fsp3) is 0.562. The highest BCUT2D eigenvalue weighted by molar-refractivity contribution is 7.13. The molecule has 9 nitrogen and oxygen atoms in total. The van der Waals surface area contributed by atoms with Crippen LogP contribution >= 0.6 is 9.39 Å². The van der Waals surface area contributed by atoms with Crippen LogP contribution in [0.5, 0.6) is 0 Å². The third-order valence-electron chi connectivity index (χ3n) is 5.09. The van der Waals surface area contributed by atoms with Gasteiger partial charge in [0.1, 0.15) is 6.10 Å². The predicted octanol–water partition coefficient (Wildman–Crippen LogP) is 2.00. The Morgan fingerprint density at radius 1 is 1.23 bits per heavy atom. The van der Waals surface area contributed by atoms with E-state index in [4.69, 9.17) is 15.0 Å². The van der Waals surface area contributed by atoms with E-state index >= 15 is 0 Å². The Kier molecular flexibility index (Phi) is 4.87. The van der Waals surface area contributed by atoms with Crippen molar-refractivity contribution in [3.8, 4) is 0 Å². The summed E-state index contributed by atoms with van der Waals surface area (Å²) in [6.45, 7) is 4.04. The van der Waals surface area contributed by atoms with Gasteiger partial charge < -0.3 is 14.4 Å². The van der Waals surface area contributed by atoms with Gasteiger partial charge in [-0.2, -0.15) is 0 Å². The molecule has 0 bridgehead atoms. The van der Waals surface area contributed by atoms with Crippen molar-refractivity contribution < 1.29 is 14.3 Å². The van der Waals surface area contributed by atoms with Crippen LogP contribution in [0.25, 0.3) is 10.4 Å². The number of carbonyl (C=O) groups is 1. The first-order valence-electron chi connectivity index (χ1n) is 8.62. The van der Waals surface area contributed by atoms with Gasteiger partial charge in [-0.05, 0) is 29.8 Å². The SMILES string of the molecule is [N-]=[N+]=NCC1CN(c2ccc(N3CC4OCCN(P)C4C3)cc2)C(=O)O1. The molecule has 26 heavy (non-hydrogen) atoms. The highest BCUT2D eigenvalue weighted by Crippen LogP contribution is 2.31. The second-order valence-corrected chi connectivity index (χ2v) is 7.33. The van der Waals surface area contributed by atoms with Crippen LogP contribution in [0.3, 0.4) is 0 Å². The number of carbonyl (C=O) groups excluding carboxylic acids is 1. The van der Waals surface area contributed by atoms with Gasteiger partial charge in [-0.1, -0.05) is 14.5 Å². The number of hydrogen-bond acceptors (Lipinski definition) is 6. The number of ether oxygens (including phenoxy) is 2.